The van der Waals surface area contributed by atoms with E-state index in [1.807, 2.05) is 0 Å². The number of nitrogens with two attached hydrogens (primary N) is 2. The van der Waals surface area contributed by atoms with E-state index in [2.05, 4.69) is 42.2 Å². The van der Waals surface area contributed by atoms with Gasteiger partial charge in [0.2, 0.25) is 41.4 Å². The Kier molecular flexibility index (Phi) is 37.1. The monoisotopic (exact) mass is 1380 g/mol. The predicted octanol–water partition coefficient (Wildman–Crippen LogP) is -5.45. The van der Waals surface area contributed by atoms with E-state index in [0.29, 0.717) is 31.4 Å². The van der Waals surface area contributed by atoms with Crippen molar-refractivity contribution < 1.29 is 108 Å². The van der Waals surface area contributed by atoms with Gasteiger partial charge in [0.1, 0.15) is 30.2 Å². The highest BCUT2D eigenvalue weighted by Gasteiger charge is 2.39. The Hall–Kier alpha value is -9.11. The highest BCUT2D eigenvalue weighted by atomic mass is 16.4. The van der Waals surface area contributed by atoms with Gasteiger partial charge >= 0.3 is 42.9 Å². The number of hydrogen-bond donors (Lipinski definition) is 17. The normalized spacial score (nSPS) is 16.6. The van der Waals surface area contributed by atoms with Crippen LogP contribution >= 0.6 is 0 Å². The van der Waals surface area contributed by atoms with Gasteiger partial charge in [-0.05, 0) is 88.8 Å². The summed E-state index contributed by atoms with van der Waals surface area (Å²) in [6.07, 6.45) is 1.05. The summed E-state index contributed by atoms with van der Waals surface area (Å²) in [5.41, 5.74) is 11.5. The summed E-state index contributed by atoms with van der Waals surface area (Å²) in [5, 5.41) is 94.8. The van der Waals surface area contributed by atoms with Gasteiger partial charge < -0.3 is 94.3 Å². The molecule has 97 heavy (non-hydrogen) atoms. The Morgan fingerprint density at radius 3 is 1.59 bits per heavy atom. The summed E-state index contributed by atoms with van der Waals surface area (Å²) in [6, 6.07) is -0.488. The van der Waals surface area contributed by atoms with Gasteiger partial charge in [-0.25, -0.2) is 4.79 Å². The van der Waals surface area contributed by atoms with Gasteiger partial charge in [0, 0.05) is 103 Å². The number of carbonyl (C=O) groups is 14. The second kappa shape index (κ2) is 43.9. The zero-order chi connectivity index (χ0) is 72.1. The fraction of sp³-hybridized carbons (Fsp3) is 0.644. The Labute approximate surface area is 559 Å². The third-order valence-electron chi connectivity index (χ3n) is 15.9. The van der Waals surface area contributed by atoms with Crippen LogP contribution < -0.4 is 48.7 Å². The highest BCUT2D eigenvalue weighted by Crippen LogP contribution is 2.20. The van der Waals surface area contributed by atoms with Crippen molar-refractivity contribution in [3.8, 4) is 0 Å². The lowest BCUT2D eigenvalue weighted by Gasteiger charge is -2.35. The molecule has 1 aromatic carbocycles. The second-order valence-electron chi connectivity index (χ2n) is 23.6. The lowest BCUT2D eigenvalue weighted by atomic mass is 9.78. The number of nitrogens with one attached hydrogen (secondary N) is 7. The molecule has 3 rings (SSSR count). The quantitative estimate of drug-likeness (QED) is 0.0126. The SMILES string of the molecule is C[C@@H](NC(=O)c1ccc(CNC(=O)[C@H](CC(=O)O)NC(=O)CNC(=O)[C@H](CCCN=C(N)N)NC(=O)CCCCCC(=O)N[C@@H](CCCCNC(=O)CC[C@H](C(=O)O)N2CCN(CC(=O)O)CCN(CC(=O)O)CCN(CC(=O)O)CC2)C(=O)O)cc1)C(=O)N1CCC[C@H]1B(O)O. The van der Waals surface area contributed by atoms with E-state index in [0.717, 1.165) is 0 Å². The first-order valence-corrected chi connectivity index (χ1v) is 32.0. The molecule has 19 N–H and O–H groups in total. The van der Waals surface area contributed by atoms with Crippen LogP contribution in [-0.4, -0.2) is 296 Å². The number of rotatable bonds is 42. The van der Waals surface area contributed by atoms with E-state index in [9.17, 15) is 108 Å². The van der Waals surface area contributed by atoms with Crippen LogP contribution in [0, 0.1) is 0 Å². The van der Waals surface area contributed by atoms with Gasteiger partial charge in [-0.1, -0.05) is 18.6 Å². The molecule has 2 aliphatic heterocycles. The summed E-state index contributed by atoms with van der Waals surface area (Å²) in [6.45, 7) is 0.553. The van der Waals surface area contributed by atoms with Crippen molar-refractivity contribution in [1.82, 2.24) is 61.7 Å². The molecule has 0 bridgehead atoms. The molecule has 8 amide bonds. The number of aliphatic carboxylic acids is 6. The van der Waals surface area contributed by atoms with E-state index < -0.39 is 152 Å². The van der Waals surface area contributed by atoms with Gasteiger partial charge in [0.15, 0.2) is 5.96 Å². The molecule has 1 aromatic rings. The van der Waals surface area contributed by atoms with Crippen molar-refractivity contribution >= 4 is 96.2 Å². The predicted molar refractivity (Wildman–Crippen MR) is 343 cm³/mol. The number of aliphatic imine (C=N–C) groups is 1. The Bertz CT molecular complexity index is 2840. The molecule has 0 saturated carbocycles. The number of carbonyl (C=O) groups excluding carboxylic acids is 8. The largest absolute Gasteiger partial charge is 0.481 e. The molecule has 0 spiro atoms. The zero-order valence-corrected chi connectivity index (χ0v) is 54.4. The van der Waals surface area contributed by atoms with Gasteiger partial charge in [0.25, 0.3) is 5.91 Å². The van der Waals surface area contributed by atoms with Gasteiger partial charge in [-0.2, -0.15) is 0 Å². The molecular formula is C59H94BN15O22. The van der Waals surface area contributed by atoms with Crippen LogP contribution in [0.2, 0.25) is 0 Å². The molecule has 0 aromatic heterocycles. The van der Waals surface area contributed by atoms with Crippen molar-refractivity contribution in [3.05, 3.63) is 35.4 Å². The number of benzene rings is 1. The van der Waals surface area contributed by atoms with E-state index in [-0.39, 0.29) is 161 Å². The summed E-state index contributed by atoms with van der Waals surface area (Å²) in [4.78, 5) is 187. The topological polar surface area (TPSA) is 566 Å². The minimum Gasteiger partial charge on any atom is -0.481 e. The molecule has 540 valence electrons. The number of carboxylic acid groups (broad SMARTS) is 6. The van der Waals surface area contributed by atoms with E-state index in [1.165, 1.54) is 36.1 Å². The van der Waals surface area contributed by atoms with Crippen LogP contribution in [0.25, 0.3) is 0 Å². The number of carboxylic acids is 6. The Balaban J connectivity index is 1.43. The highest BCUT2D eigenvalue weighted by molar-refractivity contribution is 6.43. The van der Waals surface area contributed by atoms with Crippen LogP contribution in [0.1, 0.15) is 119 Å². The molecule has 2 heterocycles. The number of amides is 8. The summed E-state index contributed by atoms with van der Waals surface area (Å²) in [5.74, 6) is -13.9. The molecule has 38 heteroatoms. The zero-order valence-electron chi connectivity index (χ0n) is 54.4. The smallest absolute Gasteiger partial charge is 0.475 e. The Morgan fingerprint density at radius 2 is 1.07 bits per heavy atom. The Morgan fingerprint density at radius 1 is 0.546 bits per heavy atom. The molecule has 2 aliphatic rings. The number of unbranched alkanes of at least 4 members (excludes halogenated alkanes) is 3. The van der Waals surface area contributed by atoms with Crippen molar-refractivity contribution in [2.75, 3.05) is 98.2 Å². The maximum absolute atomic E-state index is 13.4. The minimum absolute atomic E-state index is 0.00281. The van der Waals surface area contributed by atoms with Crippen LogP contribution in [-0.2, 0) is 68.9 Å². The molecule has 2 fully saturated rings. The molecule has 37 nitrogen and oxygen atoms in total. The number of likely N-dealkylation sites (tertiary alicyclic amines) is 1. The van der Waals surface area contributed by atoms with Crippen molar-refractivity contribution in [2.45, 2.75) is 146 Å². The average Bonchev–Trinajstić information content (AvgIpc) is 1.71. The van der Waals surface area contributed by atoms with Gasteiger partial charge in [-0.3, -0.25) is 86.9 Å². The van der Waals surface area contributed by atoms with Crippen LogP contribution in [0.5, 0.6) is 0 Å². The molecule has 2 saturated heterocycles. The fourth-order valence-electron chi connectivity index (χ4n) is 10.7. The molecule has 0 unspecified atom stereocenters. The third kappa shape index (κ3) is 33.4. The lowest BCUT2D eigenvalue weighted by Crippen LogP contribution is -2.52. The molecule has 0 aliphatic carbocycles. The molecular weight excluding hydrogens is 1280 g/mol. The first-order valence-electron chi connectivity index (χ1n) is 32.0. The summed E-state index contributed by atoms with van der Waals surface area (Å²) in [7, 11) is -1.73. The minimum atomic E-state index is -1.73. The average molecular weight is 1380 g/mol. The van der Waals surface area contributed by atoms with Crippen molar-refractivity contribution in [3.63, 3.8) is 0 Å². The lowest BCUT2D eigenvalue weighted by molar-refractivity contribution is -0.145. The molecule has 0 radical (unpaired) electrons. The van der Waals surface area contributed by atoms with E-state index >= 15 is 0 Å². The summed E-state index contributed by atoms with van der Waals surface area (Å²) < 4.78 is 0. The number of guanidine groups is 1. The van der Waals surface area contributed by atoms with Crippen LogP contribution in [0.4, 0.5) is 0 Å². The number of hydrogen-bond acceptors (Lipinski definition) is 21. The van der Waals surface area contributed by atoms with Crippen molar-refractivity contribution in [2.24, 2.45) is 16.5 Å². The van der Waals surface area contributed by atoms with Gasteiger partial charge in [-0.15, -0.1) is 0 Å². The third-order valence-corrected chi connectivity index (χ3v) is 15.9. The first kappa shape index (κ1) is 82.1. The van der Waals surface area contributed by atoms with E-state index in [4.69, 9.17) is 11.5 Å². The fourth-order valence-corrected chi connectivity index (χ4v) is 10.7. The molecule has 6 atom stereocenters. The van der Waals surface area contributed by atoms with Crippen molar-refractivity contribution in [1.29, 1.82) is 0 Å². The van der Waals surface area contributed by atoms with Crippen LogP contribution in [0.3, 0.4) is 0 Å². The standard InChI is InChI=1S/C59H94BN15O22/c1-37(56(91)75-22-8-11-44(75)60(96)97)67-53(88)39-16-14-38(15-17-39)32-65-55(90)42(31-49(80)81)70-48(79)33-66-54(89)40(10-7-21-64-59(61)62)68-46(77)12-3-2-4-13-47(78)69-41(57(92)93)9-5-6-20-63-45(76)19-18-43(58(94)95)74-29-27-72(35-51(84)85)25-23-71(34-50(82)83)24-26-73(28-30-74)36-52(86)87/h14-17,37,40-44,96-97H,2-13,18-36H2,1H3,(H,63,76)(H,65,90)(H,66,89)(H,67,88)(H,68,77)(H,69,78)(H,70,79)(H,80,81)(H,82,83)(H,84,85)(H,86,87)(H,92,93)(H,94,95)(H4,61,62,64)/t37-,40+,41+,42+,43-,44+/m1/s1. The second-order valence-corrected chi connectivity index (χ2v) is 23.6. The number of nitrogens with zero attached hydrogens (tertiary/aromatic N) is 6. The summed E-state index contributed by atoms with van der Waals surface area (Å²) >= 11 is 0. The van der Waals surface area contributed by atoms with Crippen LogP contribution in [0.15, 0.2) is 29.3 Å². The van der Waals surface area contributed by atoms with E-state index in [1.54, 1.807) is 19.6 Å². The first-order chi connectivity index (χ1) is 45.9. The maximum atomic E-state index is 13.4. The maximum Gasteiger partial charge on any atom is 0.475 e. The van der Waals surface area contributed by atoms with Gasteiger partial charge in [0.05, 0.1) is 38.5 Å².